The van der Waals surface area contributed by atoms with Crippen molar-refractivity contribution in [3.63, 3.8) is 0 Å². The van der Waals surface area contributed by atoms with Gasteiger partial charge in [-0.25, -0.2) is 0 Å². The standard InChI is InChI=1S/C15H16O3/c1-12(17-13-8-4-2-5-9-13)15(16)18-14-10-6-3-7-11-14/h2-12,15-16H,1H3. The Bertz CT molecular complexity index is 410. The number of aliphatic hydroxyl groups is 1. The highest BCUT2D eigenvalue weighted by atomic mass is 16.6. The second-order valence-corrected chi connectivity index (χ2v) is 3.96. The zero-order chi connectivity index (χ0) is 12.8. The van der Waals surface area contributed by atoms with Crippen LogP contribution < -0.4 is 9.47 Å². The molecule has 3 nitrogen and oxygen atoms in total. The Labute approximate surface area is 107 Å². The van der Waals surface area contributed by atoms with Crippen molar-refractivity contribution in [3.05, 3.63) is 60.7 Å². The molecule has 0 amide bonds. The maximum absolute atomic E-state index is 9.89. The van der Waals surface area contributed by atoms with Crippen LogP contribution in [-0.4, -0.2) is 17.5 Å². The summed E-state index contributed by atoms with van der Waals surface area (Å²) in [6, 6.07) is 18.5. The summed E-state index contributed by atoms with van der Waals surface area (Å²) in [4.78, 5) is 0. The fourth-order valence-electron chi connectivity index (χ4n) is 1.51. The molecule has 0 aliphatic heterocycles. The number of benzene rings is 2. The van der Waals surface area contributed by atoms with Crippen LogP contribution in [0, 0.1) is 0 Å². The van der Waals surface area contributed by atoms with Gasteiger partial charge in [0.1, 0.15) is 11.5 Å². The summed E-state index contributed by atoms with van der Waals surface area (Å²) in [5.41, 5.74) is 0. The number of para-hydroxylation sites is 2. The molecule has 1 N–H and O–H groups in total. The molecule has 0 bridgehead atoms. The van der Waals surface area contributed by atoms with Crippen LogP contribution in [0.15, 0.2) is 60.7 Å². The van der Waals surface area contributed by atoms with Crippen molar-refractivity contribution in [1.29, 1.82) is 0 Å². The molecule has 0 spiro atoms. The van der Waals surface area contributed by atoms with E-state index in [9.17, 15) is 5.11 Å². The van der Waals surface area contributed by atoms with Crippen LogP contribution >= 0.6 is 0 Å². The molecule has 0 heterocycles. The van der Waals surface area contributed by atoms with Gasteiger partial charge in [0.05, 0.1) is 0 Å². The van der Waals surface area contributed by atoms with Gasteiger partial charge < -0.3 is 14.6 Å². The first-order valence-corrected chi connectivity index (χ1v) is 5.87. The second-order valence-electron chi connectivity index (χ2n) is 3.96. The molecule has 2 atom stereocenters. The largest absolute Gasteiger partial charge is 0.484 e. The second kappa shape index (κ2) is 6.07. The molecular formula is C15H16O3. The lowest BCUT2D eigenvalue weighted by atomic mass is 10.3. The summed E-state index contributed by atoms with van der Waals surface area (Å²) in [5.74, 6) is 1.33. The molecule has 2 unspecified atom stereocenters. The first kappa shape index (κ1) is 12.5. The summed E-state index contributed by atoms with van der Waals surface area (Å²) >= 11 is 0. The Morgan fingerprint density at radius 2 is 1.22 bits per heavy atom. The van der Waals surface area contributed by atoms with Crippen molar-refractivity contribution >= 4 is 0 Å². The maximum atomic E-state index is 9.89. The van der Waals surface area contributed by atoms with E-state index in [1.54, 1.807) is 19.1 Å². The van der Waals surface area contributed by atoms with Crippen LogP contribution in [0.4, 0.5) is 0 Å². The van der Waals surface area contributed by atoms with Gasteiger partial charge in [-0.1, -0.05) is 36.4 Å². The lowest BCUT2D eigenvalue weighted by Gasteiger charge is -2.21. The molecule has 0 aliphatic rings. The molecule has 0 aromatic heterocycles. The Morgan fingerprint density at radius 1 is 0.778 bits per heavy atom. The first-order chi connectivity index (χ1) is 8.75. The molecule has 0 fully saturated rings. The molecule has 94 valence electrons. The van der Waals surface area contributed by atoms with E-state index < -0.39 is 12.4 Å². The number of hydrogen-bond acceptors (Lipinski definition) is 3. The fourth-order valence-corrected chi connectivity index (χ4v) is 1.51. The predicted molar refractivity (Wildman–Crippen MR) is 69.6 cm³/mol. The summed E-state index contributed by atoms with van der Waals surface area (Å²) in [7, 11) is 0. The van der Waals surface area contributed by atoms with E-state index in [1.165, 1.54) is 0 Å². The third-order valence-electron chi connectivity index (χ3n) is 2.47. The lowest BCUT2D eigenvalue weighted by Crippen LogP contribution is -2.33. The average molecular weight is 244 g/mol. The predicted octanol–water partition coefficient (Wildman–Crippen LogP) is 2.85. The van der Waals surface area contributed by atoms with E-state index in [-0.39, 0.29) is 0 Å². The molecule has 0 saturated carbocycles. The topological polar surface area (TPSA) is 38.7 Å². The minimum Gasteiger partial charge on any atom is -0.484 e. The molecule has 0 radical (unpaired) electrons. The quantitative estimate of drug-likeness (QED) is 0.822. The third kappa shape index (κ3) is 3.50. The summed E-state index contributed by atoms with van der Waals surface area (Å²) in [5, 5.41) is 9.89. The first-order valence-electron chi connectivity index (χ1n) is 5.87. The van der Waals surface area contributed by atoms with E-state index >= 15 is 0 Å². The SMILES string of the molecule is CC(Oc1ccccc1)C(O)Oc1ccccc1. The minimum atomic E-state index is -1.01. The van der Waals surface area contributed by atoms with Gasteiger partial charge in [0, 0.05) is 0 Å². The third-order valence-corrected chi connectivity index (χ3v) is 2.47. The number of aliphatic hydroxyl groups excluding tert-OH is 1. The van der Waals surface area contributed by atoms with Crippen molar-refractivity contribution in [1.82, 2.24) is 0 Å². The number of rotatable bonds is 5. The minimum absolute atomic E-state index is 0.451. The van der Waals surface area contributed by atoms with Gasteiger partial charge in [0.25, 0.3) is 0 Å². The Kier molecular flexibility index (Phi) is 4.20. The molecule has 2 aromatic rings. The zero-order valence-corrected chi connectivity index (χ0v) is 10.2. The Morgan fingerprint density at radius 3 is 1.72 bits per heavy atom. The van der Waals surface area contributed by atoms with Gasteiger partial charge >= 0.3 is 0 Å². The molecular weight excluding hydrogens is 228 g/mol. The van der Waals surface area contributed by atoms with Gasteiger partial charge in [0.15, 0.2) is 6.10 Å². The molecule has 3 heteroatoms. The summed E-state index contributed by atoms with van der Waals surface area (Å²) < 4.78 is 11.0. The van der Waals surface area contributed by atoms with Crippen molar-refractivity contribution in [2.75, 3.05) is 0 Å². The van der Waals surface area contributed by atoms with Crippen LogP contribution in [0.5, 0.6) is 11.5 Å². The number of ether oxygens (including phenoxy) is 2. The molecule has 2 aromatic carbocycles. The van der Waals surface area contributed by atoms with Gasteiger partial charge in [0.2, 0.25) is 6.29 Å². The molecule has 0 aliphatic carbocycles. The highest BCUT2D eigenvalue weighted by Gasteiger charge is 2.17. The van der Waals surface area contributed by atoms with Gasteiger partial charge in [-0.05, 0) is 31.2 Å². The van der Waals surface area contributed by atoms with E-state index in [2.05, 4.69) is 0 Å². The molecule has 0 saturated heterocycles. The average Bonchev–Trinajstić information content (AvgIpc) is 2.41. The lowest BCUT2D eigenvalue weighted by molar-refractivity contribution is -0.0862. The zero-order valence-electron chi connectivity index (χ0n) is 10.2. The highest BCUT2D eigenvalue weighted by molar-refractivity contribution is 5.22. The van der Waals surface area contributed by atoms with Gasteiger partial charge in [-0.2, -0.15) is 0 Å². The molecule has 2 rings (SSSR count). The van der Waals surface area contributed by atoms with Crippen molar-refractivity contribution in [3.8, 4) is 11.5 Å². The smallest absolute Gasteiger partial charge is 0.234 e. The van der Waals surface area contributed by atoms with Crippen LogP contribution in [0.1, 0.15) is 6.92 Å². The monoisotopic (exact) mass is 244 g/mol. The van der Waals surface area contributed by atoms with Crippen LogP contribution in [0.3, 0.4) is 0 Å². The fraction of sp³-hybridized carbons (Fsp3) is 0.200. The van der Waals surface area contributed by atoms with E-state index in [1.807, 2.05) is 48.5 Å². The molecule has 18 heavy (non-hydrogen) atoms. The van der Waals surface area contributed by atoms with E-state index in [0.29, 0.717) is 11.5 Å². The van der Waals surface area contributed by atoms with E-state index in [0.717, 1.165) is 0 Å². The van der Waals surface area contributed by atoms with Gasteiger partial charge in [-0.3, -0.25) is 0 Å². The van der Waals surface area contributed by atoms with Crippen molar-refractivity contribution in [2.45, 2.75) is 19.3 Å². The van der Waals surface area contributed by atoms with Gasteiger partial charge in [-0.15, -0.1) is 0 Å². The van der Waals surface area contributed by atoms with Crippen LogP contribution in [0.2, 0.25) is 0 Å². The van der Waals surface area contributed by atoms with Crippen LogP contribution in [-0.2, 0) is 0 Å². The summed E-state index contributed by atoms with van der Waals surface area (Å²) in [6.45, 7) is 1.76. The Hall–Kier alpha value is -2.00. The Balaban J connectivity index is 1.91. The summed E-state index contributed by atoms with van der Waals surface area (Å²) in [6.07, 6.45) is -1.46. The number of hydrogen-bond donors (Lipinski definition) is 1. The van der Waals surface area contributed by atoms with Crippen molar-refractivity contribution < 1.29 is 14.6 Å². The normalized spacial score (nSPS) is 13.7. The highest BCUT2D eigenvalue weighted by Crippen LogP contribution is 2.15. The maximum Gasteiger partial charge on any atom is 0.234 e. The van der Waals surface area contributed by atoms with Crippen LogP contribution in [0.25, 0.3) is 0 Å². The van der Waals surface area contributed by atoms with Crippen molar-refractivity contribution in [2.24, 2.45) is 0 Å². The van der Waals surface area contributed by atoms with E-state index in [4.69, 9.17) is 9.47 Å².